The molecule has 0 aliphatic heterocycles. The summed E-state index contributed by atoms with van der Waals surface area (Å²) in [5, 5.41) is 10.6. The zero-order valence-corrected chi connectivity index (χ0v) is 13.7. The molecule has 0 unspecified atom stereocenters. The molecule has 22 heavy (non-hydrogen) atoms. The largest absolute Gasteiger partial charge is 0.306 e. The first kappa shape index (κ1) is 16.7. The minimum atomic E-state index is -4.06. The molecule has 0 saturated heterocycles. The van der Waals surface area contributed by atoms with E-state index in [1.807, 2.05) is 0 Å². The van der Waals surface area contributed by atoms with Crippen molar-refractivity contribution >= 4 is 48.9 Å². The SMILES string of the molecule is O=[N+]([O-])c1cc(NS(=O)(=O)c2ccc(Br)cc2Cl)ccc1F. The number of sulfonamides is 1. The molecule has 0 amide bonds. The van der Waals surface area contributed by atoms with Gasteiger partial charge in [-0.2, -0.15) is 4.39 Å². The van der Waals surface area contributed by atoms with Gasteiger partial charge in [0.2, 0.25) is 5.82 Å². The lowest BCUT2D eigenvalue weighted by atomic mass is 10.3. The molecule has 0 aliphatic rings. The molecule has 0 aromatic heterocycles. The predicted molar refractivity (Wildman–Crippen MR) is 83.0 cm³/mol. The van der Waals surface area contributed by atoms with E-state index >= 15 is 0 Å². The number of nitro groups is 1. The highest BCUT2D eigenvalue weighted by atomic mass is 79.9. The van der Waals surface area contributed by atoms with Gasteiger partial charge >= 0.3 is 5.69 Å². The van der Waals surface area contributed by atoms with Gasteiger partial charge in [0.25, 0.3) is 10.0 Å². The van der Waals surface area contributed by atoms with E-state index in [-0.39, 0.29) is 15.6 Å². The van der Waals surface area contributed by atoms with Gasteiger partial charge in [-0.1, -0.05) is 27.5 Å². The lowest BCUT2D eigenvalue weighted by Gasteiger charge is -2.09. The van der Waals surface area contributed by atoms with Gasteiger partial charge < -0.3 is 0 Å². The maximum Gasteiger partial charge on any atom is 0.306 e. The van der Waals surface area contributed by atoms with Gasteiger partial charge in [0.05, 0.1) is 15.6 Å². The summed E-state index contributed by atoms with van der Waals surface area (Å²) in [7, 11) is -4.06. The molecule has 0 radical (unpaired) electrons. The molecule has 0 heterocycles. The number of rotatable bonds is 4. The fourth-order valence-corrected chi connectivity index (χ4v) is 3.71. The van der Waals surface area contributed by atoms with Crippen molar-refractivity contribution in [3.05, 3.63) is 61.8 Å². The minimum Gasteiger partial charge on any atom is -0.279 e. The Labute approximate surface area is 138 Å². The van der Waals surface area contributed by atoms with Crippen molar-refractivity contribution < 1.29 is 17.7 Å². The molecule has 0 saturated carbocycles. The van der Waals surface area contributed by atoms with Crippen molar-refractivity contribution in [1.82, 2.24) is 0 Å². The number of hydrogen-bond acceptors (Lipinski definition) is 4. The van der Waals surface area contributed by atoms with Gasteiger partial charge in [0.15, 0.2) is 0 Å². The lowest BCUT2D eigenvalue weighted by molar-refractivity contribution is -0.387. The van der Waals surface area contributed by atoms with Crippen LogP contribution in [0.4, 0.5) is 15.8 Å². The molecular formula is C12H7BrClFN2O4S. The Kier molecular flexibility index (Phi) is 4.69. The van der Waals surface area contributed by atoms with Crippen LogP contribution < -0.4 is 4.72 Å². The Morgan fingerprint density at radius 3 is 2.50 bits per heavy atom. The third-order valence-electron chi connectivity index (χ3n) is 2.58. The fraction of sp³-hybridized carbons (Fsp3) is 0. The van der Waals surface area contributed by atoms with Gasteiger partial charge in [0, 0.05) is 10.5 Å². The van der Waals surface area contributed by atoms with E-state index in [4.69, 9.17) is 11.6 Å². The van der Waals surface area contributed by atoms with E-state index in [1.54, 1.807) is 0 Å². The second kappa shape index (κ2) is 6.19. The molecule has 2 aromatic rings. The van der Waals surface area contributed by atoms with Gasteiger partial charge in [-0.15, -0.1) is 0 Å². The summed E-state index contributed by atoms with van der Waals surface area (Å²) in [4.78, 5) is 9.51. The minimum absolute atomic E-state index is 0.0292. The molecule has 2 aromatic carbocycles. The number of anilines is 1. The Balaban J connectivity index is 2.41. The third kappa shape index (κ3) is 3.54. The van der Waals surface area contributed by atoms with Crippen LogP contribution in [-0.2, 0) is 10.0 Å². The molecule has 10 heteroatoms. The molecule has 6 nitrogen and oxygen atoms in total. The smallest absolute Gasteiger partial charge is 0.279 e. The molecule has 0 spiro atoms. The third-order valence-corrected chi connectivity index (χ3v) is 4.94. The molecule has 1 N–H and O–H groups in total. The highest BCUT2D eigenvalue weighted by molar-refractivity contribution is 9.10. The maximum atomic E-state index is 13.2. The number of hydrogen-bond donors (Lipinski definition) is 1. The quantitative estimate of drug-likeness (QED) is 0.611. The van der Waals surface area contributed by atoms with Crippen LogP contribution in [0, 0.1) is 15.9 Å². The number of nitrogens with zero attached hydrogens (tertiary/aromatic N) is 1. The molecular weight excluding hydrogens is 403 g/mol. The number of nitro benzene ring substituents is 1. The summed E-state index contributed by atoms with van der Waals surface area (Å²) in [6, 6.07) is 6.81. The number of nitrogens with one attached hydrogen (secondary N) is 1. The summed E-state index contributed by atoms with van der Waals surface area (Å²) < 4.78 is 40.4. The van der Waals surface area contributed by atoms with E-state index < -0.39 is 26.5 Å². The average Bonchev–Trinajstić information content (AvgIpc) is 2.39. The van der Waals surface area contributed by atoms with Crippen molar-refractivity contribution in [2.75, 3.05) is 4.72 Å². The number of benzene rings is 2. The Morgan fingerprint density at radius 2 is 1.91 bits per heavy atom. The zero-order valence-electron chi connectivity index (χ0n) is 10.6. The maximum absolute atomic E-state index is 13.2. The van der Waals surface area contributed by atoms with E-state index in [9.17, 15) is 22.9 Å². The first-order valence-corrected chi connectivity index (χ1v) is 8.28. The second-order valence-electron chi connectivity index (χ2n) is 4.10. The monoisotopic (exact) mass is 408 g/mol. The van der Waals surface area contributed by atoms with Crippen LogP contribution >= 0.6 is 27.5 Å². The lowest BCUT2D eigenvalue weighted by Crippen LogP contribution is -2.13. The van der Waals surface area contributed by atoms with E-state index in [1.165, 1.54) is 18.2 Å². The summed E-state index contributed by atoms with van der Waals surface area (Å²) in [5.41, 5.74) is -0.978. The molecule has 0 fully saturated rings. The topological polar surface area (TPSA) is 89.3 Å². The normalized spacial score (nSPS) is 11.2. The molecule has 0 aliphatic carbocycles. The van der Waals surface area contributed by atoms with Crippen molar-refractivity contribution in [3.63, 3.8) is 0 Å². The summed E-state index contributed by atoms with van der Waals surface area (Å²) in [6.07, 6.45) is 0. The molecule has 116 valence electrons. The van der Waals surface area contributed by atoms with Crippen LogP contribution in [-0.4, -0.2) is 13.3 Å². The van der Waals surface area contributed by atoms with Crippen LogP contribution in [0.1, 0.15) is 0 Å². The summed E-state index contributed by atoms with van der Waals surface area (Å²) in [6.45, 7) is 0. The van der Waals surface area contributed by atoms with Crippen LogP contribution in [0.5, 0.6) is 0 Å². The van der Waals surface area contributed by atoms with E-state index in [0.29, 0.717) is 4.47 Å². The van der Waals surface area contributed by atoms with Gasteiger partial charge in [0.1, 0.15) is 4.90 Å². The van der Waals surface area contributed by atoms with Crippen molar-refractivity contribution in [3.8, 4) is 0 Å². The van der Waals surface area contributed by atoms with Crippen LogP contribution in [0.25, 0.3) is 0 Å². The van der Waals surface area contributed by atoms with Gasteiger partial charge in [-0.25, -0.2) is 8.42 Å². The molecule has 0 bridgehead atoms. The number of halogens is 3. The first-order chi connectivity index (χ1) is 10.2. The van der Waals surface area contributed by atoms with Gasteiger partial charge in [-0.3, -0.25) is 14.8 Å². The first-order valence-electron chi connectivity index (χ1n) is 5.62. The van der Waals surface area contributed by atoms with Crippen LogP contribution in [0.15, 0.2) is 45.8 Å². The molecule has 2 rings (SSSR count). The predicted octanol–water partition coefficient (Wildman–Crippen LogP) is 3.95. The highest BCUT2D eigenvalue weighted by Crippen LogP contribution is 2.28. The van der Waals surface area contributed by atoms with Crippen LogP contribution in [0.2, 0.25) is 5.02 Å². The Bertz CT molecular complexity index is 860. The fourth-order valence-electron chi connectivity index (χ4n) is 1.62. The van der Waals surface area contributed by atoms with Crippen molar-refractivity contribution in [1.29, 1.82) is 0 Å². The van der Waals surface area contributed by atoms with Crippen molar-refractivity contribution in [2.45, 2.75) is 4.90 Å². The summed E-state index contributed by atoms with van der Waals surface area (Å²) >= 11 is 9.02. The van der Waals surface area contributed by atoms with E-state index in [2.05, 4.69) is 20.7 Å². The zero-order chi connectivity index (χ0) is 16.5. The highest BCUT2D eigenvalue weighted by Gasteiger charge is 2.21. The van der Waals surface area contributed by atoms with E-state index in [0.717, 1.165) is 18.2 Å². The Morgan fingerprint density at radius 1 is 1.23 bits per heavy atom. The summed E-state index contributed by atoms with van der Waals surface area (Å²) in [5.74, 6) is -1.06. The van der Waals surface area contributed by atoms with Crippen molar-refractivity contribution in [2.24, 2.45) is 0 Å². The van der Waals surface area contributed by atoms with Crippen LogP contribution in [0.3, 0.4) is 0 Å². The Hall–Kier alpha value is -1.71. The van der Waals surface area contributed by atoms with Gasteiger partial charge in [-0.05, 0) is 30.3 Å². The standard InChI is InChI=1S/C12H7BrClFN2O4S/c13-7-1-4-12(9(14)5-7)22(20,21)16-8-2-3-10(15)11(6-8)17(18)19/h1-6,16H. The second-order valence-corrected chi connectivity index (χ2v) is 7.08. The molecule has 0 atom stereocenters. The average molecular weight is 410 g/mol.